The standard InChI is InChI=1S/C21H25FN4O/c1-3-25-8-10-26(11-9-25)21-23-14(2)20-18(24-21)12-16(13-19(20)27)15-4-6-17(22)7-5-15/h4-7,16H,3,8-13H2,1-2H3/t16-/m1/s1. The van der Waals surface area contributed by atoms with Crippen LogP contribution in [0.5, 0.6) is 0 Å². The second-order valence-electron chi connectivity index (χ2n) is 7.43. The highest BCUT2D eigenvalue weighted by Gasteiger charge is 2.31. The summed E-state index contributed by atoms with van der Waals surface area (Å²) in [5, 5.41) is 0. The van der Waals surface area contributed by atoms with Crippen molar-refractivity contribution in [1.29, 1.82) is 0 Å². The van der Waals surface area contributed by atoms with E-state index in [4.69, 9.17) is 4.98 Å². The molecule has 6 heteroatoms. The lowest BCUT2D eigenvalue weighted by Gasteiger charge is -2.35. The summed E-state index contributed by atoms with van der Waals surface area (Å²) in [5.41, 5.74) is 3.28. The minimum Gasteiger partial charge on any atom is -0.338 e. The van der Waals surface area contributed by atoms with E-state index in [0.29, 0.717) is 18.4 Å². The Kier molecular flexibility index (Phi) is 4.91. The molecule has 2 aliphatic rings. The zero-order valence-electron chi connectivity index (χ0n) is 15.9. The lowest BCUT2D eigenvalue weighted by molar-refractivity contribution is 0.0962. The Morgan fingerprint density at radius 3 is 2.44 bits per heavy atom. The number of fused-ring (bicyclic) bond motifs is 1. The Morgan fingerprint density at radius 2 is 1.78 bits per heavy atom. The van der Waals surface area contributed by atoms with Crippen molar-refractivity contribution < 1.29 is 9.18 Å². The van der Waals surface area contributed by atoms with Crippen molar-refractivity contribution in [3.8, 4) is 0 Å². The maximum Gasteiger partial charge on any atom is 0.225 e. The summed E-state index contributed by atoms with van der Waals surface area (Å²) in [6, 6.07) is 6.47. The van der Waals surface area contributed by atoms with Crippen LogP contribution < -0.4 is 4.90 Å². The van der Waals surface area contributed by atoms with Gasteiger partial charge in [-0.3, -0.25) is 4.79 Å². The Hall–Kier alpha value is -2.34. The maximum atomic E-state index is 13.2. The molecule has 0 spiro atoms. The monoisotopic (exact) mass is 368 g/mol. The third-order valence-electron chi connectivity index (χ3n) is 5.75. The SMILES string of the molecule is CCN1CCN(c2nc(C)c3c(n2)C[C@@H](c2ccc(F)cc2)CC3=O)CC1. The molecule has 0 N–H and O–H groups in total. The van der Waals surface area contributed by atoms with E-state index in [1.54, 1.807) is 12.1 Å². The number of Topliss-reactive ketones (excluding diaryl/α,β-unsaturated/α-hetero) is 1. The van der Waals surface area contributed by atoms with Gasteiger partial charge < -0.3 is 9.80 Å². The number of hydrogen-bond donors (Lipinski definition) is 0. The number of benzene rings is 1. The Morgan fingerprint density at radius 1 is 1.07 bits per heavy atom. The van der Waals surface area contributed by atoms with Gasteiger partial charge in [0.25, 0.3) is 0 Å². The van der Waals surface area contributed by atoms with Gasteiger partial charge in [0.1, 0.15) is 5.82 Å². The van der Waals surface area contributed by atoms with Crippen LogP contribution in [0.15, 0.2) is 24.3 Å². The molecule has 1 atom stereocenters. The minimum absolute atomic E-state index is 0.0460. The first-order valence-corrected chi connectivity index (χ1v) is 9.68. The van der Waals surface area contributed by atoms with Crippen molar-refractivity contribution in [3.05, 3.63) is 52.6 Å². The number of ketones is 1. The smallest absolute Gasteiger partial charge is 0.225 e. The average Bonchev–Trinajstić information content (AvgIpc) is 2.68. The molecule has 2 aromatic rings. The van der Waals surface area contributed by atoms with Gasteiger partial charge in [-0.1, -0.05) is 19.1 Å². The Balaban J connectivity index is 1.61. The Bertz CT molecular complexity index is 844. The molecule has 0 saturated carbocycles. The van der Waals surface area contributed by atoms with Crippen LogP contribution in [0.2, 0.25) is 0 Å². The van der Waals surface area contributed by atoms with Crippen LogP contribution in [-0.4, -0.2) is 53.4 Å². The average molecular weight is 368 g/mol. The summed E-state index contributed by atoms with van der Waals surface area (Å²) in [4.78, 5) is 26.8. The first-order chi connectivity index (χ1) is 13.0. The molecule has 5 nitrogen and oxygen atoms in total. The summed E-state index contributed by atoms with van der Waals surface area (Å²) < 4.78 is 13.2. The summed E-state index contributed by atoms with van der Waals surface area (Å²) in [6.45, 7) is 8.97. The third kappa shape index (κ3) is 3.58. The second kappa shape index (κ2) is 7.35. The van der Waals surface area contributed by atoms with Crippen molar-refractivity contribution in [1.82, 2.24) is 14.9 Å². The van der Waals surface area contributed by atoms with Crippen molar-refractivity contribution in [3.63, 3.8) is 0 Å². The molecule has 0 bridgehead atoms. The normalized spacial score (nSPS) is 20.6. The Labute approximate surface area is 159 Å². The van der Waals surface area contributed by atoms with E-state index in [1.807, 2.05) is 6.92 Å². The first-order valence-electron chi connectivity index (χ1n) is 9.68. The summed E-state index contributed by atoms with van der Waals surface area (Å²) in [5.74, 6) is 0.609. The number of rotatable bonds is 3. The molecule has 27 heavy (non-hydrogen) atoms. The van der Waals surface area contributed by atoms with Crippen LogP contribution in [0.3, 0.4) is 0 Å². The largest absolute Gasteiger partial charge is 0.338 e. The van der Waals surface area contributed by atoms with Crippen LogP contribution in [0, 0.1) is 12.7 Å². The molecule has 2 heterocycles. The van der Waals surface area contributed by atoms with Crippen LogP contribution in [0.1, 0.15) is 46.6 Å². The highest BCUT2D eigenvalue weighted by Crippen LogP contribution is 2.33. The second-order valence-corrected chi connectivity index (χ2v) is 7.43. The van der Waals surface area contributed by atoms with Gasteiger partial charge in [-0.25, -0.2) is 14.4 Å². The van der Waals surface area contributed by atoms with Gasteiger partial charge in [0.15, 0.2) is 5.78 Å². The number of anilines is 1. The van der Waals surface area contributed by atoms with E-state index in [0.717, 1.165) is 55.6 Å². The highest BCUT2D eigenvalue weighted by atomic mass is 19.1. The minimum atomic E-state index is -0.257. The maximum absolute atomic E-state index is 13.2. The fourth-order valence-corrected chi connectivity index (χ4v) is 4.13. The zero-order valence-corrected chi connectivity index (χ0v) is 15.9. The summed E-state index contributed by atoms with van der Waals surface area (Å²) in [6.07, 6.45) is 1.12. The van der Waals surface area contributed by atoms with Crippen molar-refractivity contribution in [2.45, 2.75) is 32.6 Å². The number of halogens is 1. The van der Waals surface area contributed by atoms with Gasteiger partial charge in [-0.05, 0) is 43.5 Å². The fraction of sp³-hybridized carbons (Fsp3) is 0.476. The molecule has 1 aliphatic carbocycles. The number of likely N-dealkylation sites (N-methyl/N-ethyl adjacent to an activating group) is 1. The molecule has 0 radical (unpaired) electrons. The van der Waals surface area contributed by atoms with Gasteiger partial charge in [0.05, 0.1) is 17.0 Å². The number of hydrogen-bond acceptors (Lipinski definition) is 5. The molecule has 1 aromatic heterocycles. The van der Waals surface area contributed by atoms with Crippen molar-refractivity contribution in [2.24, 2.45) is 0 Å². The van der Waals surface area contributed by atoms with Crippen molar-refractivity contribution in [2.75, 3.05) is 37.6 Å². The predicted octanol–water partition coefficient (Wildman–Crippen LogP) is 2.98. The topological polar surface area (TPSA) is 49.3 Å². The zero-order chi connectivity index (χ0) is 19.0. The van der Waals surface area contributed by atoms with Crippen LogP contribution in [-0.2, 0) is 6.42 Å². The molecule has 0 unspecified atom stereocenters. The number of nitrogens with zero attached hydrogens (tertiary/aromatic N) is 4. The lowest BCUT2D eigenvalue weighted by atomic mass is 9.81. The van der Waals surface area contributed by atoms with E-state index in [2.05, 4.69) is 21.7 Å². The molecule has 1 fully saturated rings. The van der Waals surface area contributed by atoms with Gasteiger partial charge >= 0.3 is 0 Å². The van der Waals surface area contributed by atoms with Crippen LogP contribution >= 0.6 is 0 Å². The molecular formula is C21H25FN4O. The van der Waals surface area contributed by atoms with E-state index < -0.39 is 0 Å². The van der Waals surface area contributed by atoms with E-state index in [9.17, 15) is 9.18 Å². The van der Waals surface area contributed by atoms with Crippen LogP contribution in [0.4, 0.5) is 10.3 Å². The molecule has 4 rings (SSSR count). The summed E-state index contributed by atoms with van der Waals surface area (Å²) >= 11 is 0. The van der Waals surface area contributed by atoms with E-state index in [-0.39, 0.29) is 17.5 Å². The molecule has 1 aromatic carbocycles. The molecular weight excluding hydrogens is 343 g/mol. The fourth-order valence-electron chi connectivity index (χ4n) is 4.13. The molecule has 142 valence electrons. The van der Waals surface area contributed by atoms with Gasteiger partial charge in [0.2, 0.25) is 5.95 Å². The number of piperazine rings is 1. The number of aromatic nitrogens is 2. The van der Waals surface area contributed by atoms with Gasteiger partial charge in [-0.15, -0.1) is 0 Å². The number of carbonyl (C=O) groups is 1. The molecule has 1 aliphatic heterocycles. The van der Waals surface area contributed by atoms with E-state index in [1.165, 1.54) is 12.1 Å². The number of carbonyl (C=O) groups excluding carboxylic acids is 1. The van der Waals surface area contributed by atoms with Gasteiger partial charge in [-0.2, -0.15) is 0 Å². The number of aryl methyl sites for hydroxylation is 1. The van der Waals surface area contributed by atoms with Gasteiger partial charge in [0, 0.05) is 32.6 Å². The molecule has 0 amide bonds. The van der Waals surface area contributed by atoms with Crippen molar-refractivity contribution >= 4 is 11.7 Å². The third-order valence-corrected chi connectivity index (χ3v) is 5.75. The molecule has 1 saturated heterocycles. The first kappa shape index (κ1) is 18.0. The van der Waals surface area contributed by atoms with Crippen LogP contribution in [0.25, 0.3) is 0 Å². The quantitative estimate of drug-likeness (QED) is 0.834. The van der Waals surface area contributed by atoms with E-state index >= 15 is 0 Å². The summed E-state index contributed by atoms with van der Waals surface area (Å²) in [7, 11) is 0. The highest BCUT2D eigenvalue weighted by molar-refractivity contribution is 5.99. The predicted molar refractivity (Wildman–Crippen MR) is 103 cm³/mol. The lowest BCUT2D eigenvalue weighted by Crippen LogP contribution is -2.47.